The molecule has 2 aromatic heterocycles. The standard InChI is InChI=1S/C22H22ClN9O3S3/c1-34-16-8-5-14(9-17(16)35-2)10-25-27-19-28-30-21(32(19)24)36-12-18(33)26-20-29-31-22(38-20)37-11-13-3-6-15(23)7-4-13/h3-10H,11-12,24H2,1-2H3,(H,27,28)(H,26,29,33)/b25-10+. The summed E-state index contributed by atoms with van der Waals surface area (Å²) in [5, 5.41) is 24.4. The third kappa shape index (κ3) is 7.50. The first-order valence-electron chi connectivity index (χ1n) is 10.8. The number of hydrogen-bond donors (Lipinski definition) is 3. The zero-order valence-electron chi connectivity index (χ0n) is 20.1. The van der Waals surface area contributed by atoms with Gasteiger partial charge in [0.2, 0.25) is 16.2 Å². The molecule has 0 radical (unpaired) electrons. The second-order valence-electron chi connectivity index (χ2n) is 7.29. The SMILES string of the molecule is COc1ccc(/C=N/Nc2nnc(SCC(=O)Nc3nnc(SCc4ccc(Cl)cc4)s3)n2N)cc1OC. The number of carbonyl (C=O) groups is 1. The Morgan fingerprint density at radius 1 is 1.11 bits per heavy atom. The lowest BCUT2D eigenvalue weighted by Crippen LogP contribution is -2.16. The van der Waals surface area contributed by atoms with Crippen LogP contribution in [0.1, 0.15) is 11.1 Å². The van der Waals surface area contributed by atoms with Gasteiger partial charge >= 0.3 is 0 Å². The summed E-state index contributed by atoms with van der Waals surface area (Å²) in [7, 11) is 3.12. The van der Waals surface area contributed by atoms with Crippen LogP contribution in [0.5, 0.6) is 11.5 Å². The number of aromatic nitrogens is 5. The van der Waals surface area contributed by atoms with Gasteiger partial charge in [-0.25, -0.2) is 10.1 Å². The Balaban J connectivity index is 1.24. The van der Waals surface area contributed by atoms with Crippen LogP contribution in [0, 0.1) is 0 Å². The lowest BCUT2D eigenvalue weighted by atomic mass is 10.2. The van der Waals surface area contributed by atoms with Gasteiger partial charge in [-0.3, -0.25) is 10.1 Å². The molecule has 0 aliphatic rings. The number of hydrazone groups is 1. The van der Waals surface area contributed by atoms with Crippen molar-refractivity contribution in [3.8, 4) is 11.5 Å². The van der Waals surface area contributed by atoms with Crippen molar-refractivity contribution in [3.05, 3.63) is 58.6 Å². The molecule has 4 rings (SSSR count). The summed E-state index contributed by atoms with van der Waals surface area (Å²) in [4.78, 5) is 12.4. The topological polar surface area (TPSA) is 154 Å². The van der Waals surface area contributed by atoms with Gasteiger partial charge in [-0.15, -0.1) is 20.4 Å². The number of halogens is 1. The molecular formula is C22H22ClN9O3S3. The number of ether oxygens (including phenoxy) is 2. The van der Waals surface area contributed by atoms with Gasteiger partial charge in [0, 0.05) is 10.8 Å². The molecule has 0 saturated carbocycles. The van der Waals surface area contributed by atoms with Crippen molar-refractivity contribution in [2.24, 2.45) is 5.10 Å². The van der Waals surface area contributed by atoms with Crippen molar-refractivity contribution in [2.45, 2.75) is 15.2 Å². The van der Waals surface area contributed by atoms with E-state index in [-0.39, 0.29) is 17.6 Å². The molecule has 0 unspecified atom stereocenters. The third-order valence-electron chi connectivity index (χ3n) is 4.71. The molecule has 1 amide bonds. The Bertz CT molecular complexity index is 1410. The molecule has 0 saturated heterocycles. The number of nitrogens with one attached hydrogen (secondary N) is 2. The first kappa shape index (κ1) is 27.5. The maximum atomic E-state index is 12.4. The summed E-state index contributed by atoms with van der Waals surface area (Å²) in [5.74, 6) is 7.93. The van der Waals surface area contributed by atoms with Crippen LogP contribution >= 0.6 is 46.5 Å². The summed E-state index contributed by atoms with van der Waals surface area (Å²) >= 11 is 9.86. The Morgan fingerprint density at radius 3 is 2.66 bits per heavy atom. The minimum atomic E-state index is -0.274. The average Bonchev–Trinajstić information content (AvgIpc) is 3.52. The second-order valence-corrected chi connectivity index (χ2v) is 10.9. The summed E-state index contributed by atoms with van der Waals surface area (Å²) in [6.45, 7) is 0. The van der Waals surface area contributed by atoms with Gasteiger partial charge in [-0.2, -0.15) is 5.10 Å². The van der Waals surface area contributed by atoms with Crippen molar-refractivity contribution in [3.63, 3.8) is 0 Å². The van der Waals surface area contributed by atoms with E-state index in [2.05, 4.69) is 36.2 Å². The van der Waals surface area contributed by atoms with Crippen molar-refractivity contribution in [1.82, 2.24) is 25.1 Å². The highest BCUT2D eigenvalue weighted by molar-refractivity contribution is 8.00. The van der Waals surface area contributed by atoms with E-state index in [4.69, 9.17) is 26.9 Å². The predicted molar refractivity (Wildman–Crippen MR) is 151 cm³/mol. The van der Waals surface area contributed by atoms with Gasteiger partial charge < -0.3 is 15.3 Å². The Kier molecular flexibility index (Phi) is 9.64. The van der Waals surface area contributed by atoms with Gasteiger partial charge in [-0.05, 0) is 41.5 Å². The lowest BCUT2D eigenvalue weighted by Gasteiger charge is -2.07. The highest BCUT2D eigenvalue weighted by Crippen LogP contribution is 2.29. The van der Waals surface area contributed by atoms with E-state index in [0.29, 0.717) is 26.8 Å². The van der Waals surface area contributed by atoms with Crippen molar-refractivity contribution in [1.29, 1.82) is 0 Å². The molecule has 0 aliphatic heterocycles. The number of amides is 1. The van der Waals surface area contributed by atoms with Gasteiger partial charge in [0.15, 0.2) is 15.8 Å². The van der Waals surface area contributed by atoms with Gasteiger partial charge in [-0.1, -0.05) is 58.6 Å². The molecule has 38 heavy (non-hydrogen) atoms. The van der Waals surface area contributed by atoms with Crippen LogP contribution in [0.4, 0.5) is 11.1 Å². The van der Waals surface area contributed by atoms with Crippen LogP contribution < -0.4 is 26.1 Å². The minimum absolute atomic E-state index is 0.0527. The fraction of sp³-hybridized carbons (Fsp3) is 0.182. The molecule has 0 bridgehead atoms. The number of nitrogens with two attached hydrogens (primary N) is 1. The molecule has 0 atom stereocenters. The number of nitrogens with zero attached hydrogens (tertiary/aromatic N) is 6. The molecule has 12 nitrogen and oxygen atoms in total. The number of carbonyl (C=O) groups excluding carboxylic acids is 1. The van der Waals surface area contributed by atoms with E-state index in [1.54, 1.807) is 32.6 Å². The first-order valence-corrected chi connectivity index (χ1v) is 14.0. The molecule has 0 fully saturated rings. The highest BCUT2D eigenvalue weighted by atomic mass is 35.5. The summed E-state index contributed by atoms with van der Waals surface area (Å²) in [6, 6.07) is 13.0. The van der Waals surface area contributed by atoms with Crippen LogP contribution in [0.3, 0.4) is 0 Å². The largest absolute Gasteiger partial charge is 0.493 e. The number of rotatable bonds is 12. The van der Waals surface area contributed by atoms with E-state index >= 15 is 0 Å². The number of anilines is 2. The molecule has 0 aliphatic carbocycles. The van der Waals surface area contributed by atoms with Gasteiger partial charge in [0.25, 0.3) is 5.95 Å². The molecular weight excluding hydrogens is 570 g/mol. The Hall–Kier alpha value is -3.53. The average molecular weight is 592 g/mol. The normalized spacial score (nSPS) is 11.0. The zero-order chi connectivity index (χ0) is 26.9. The highest BCUT2D eigenvalue weighted by Gasteiger charge is 2.14. The molecule has 2 aromatic carbocycles. The van der Waals surface area contributed by atoms with Crippen molar-refractivity contribution in [2.75, 3.05) is 36.6 Å². The van der Waals surface area contributed by atoms with Gasteiger partial charge in [0.1, 0.15) is 0 Å². The second kappa shape index (κ2) is 13.3. The summed E-state index contributed by atoms with van der Waals surface area (Å²) in [6.07, 6.45) is 1.57. The van der Waals surface area contributed by atoms with E-state index < -0.39 is 0 Å². The van der Waals surface area contributed by atoms with Crippen LogP contribution in [-0.2, 0) is 10.5 Å². The van der Waals surface area contributed by atoms with Crippen LogP contribution in [0.15, 0.2) is 57.1 Å². The fourth-order valence-electron chi connectivity index (χ4n) is 2.88. The van der Waals surface area contributed by atoms with Crippen LogP contribution in [-0.4, -0.2) is 57.2 Å². The number of hydrogen-bond acceptors (Lipinski definition) is 13. The van der Waals surface area contributed by atoms with E-state index in [1.165, 1.54) is 27.8 Å². The van der Waals surface area contributed by atoms with Crippen LogP contribution in [0.2, 0.25) is 5.02 Å². The number of thioether (sulfide) groups is 2. The monoisotopic (exact) mass is 591 g/mol. The summed E-state index contributed by atoms with van der Waals surface area (Å²) in [5.41, 5.74) is 4.61. The van der Waals surface area contributed by atoms with Gasteiger partial charge in [0.05, 0.1) is 26.2 Å². The lowest BCUT2D eigenvalue weighted by molar-refractivity contribution is -0.113. The summed E-state index contributed by atoms with van der Waals surface area (Å²) < 4.78 is 12.5. The number of benzene rings is 2. The molecule has 0 spiro atoms. The predicted octanol–water partition coefficient (Wildman–Crippen LogP) is 3.98. The van der Waals surface area contributed by atoms with E-state index in [1.807, 2.05) is 30.3 Å². The zero-order valence-corrected chi connectivity index (χ0v) is 23.3. The molecule has 198 valence electrons. The molecule has 4 N–H and O–H groups in total. The first-order chi connectivity index (χ1) is 18.4. The van der Waals surface area contributed by atoms with Crippen molar-refractivity contribution >= 4 is 69.7 Å². The quantitative estimate of drug-likeness (QED) is 0.0720. The Labute approximate surface area is 235 Å². The maximum absolute atomic E-state index is 12.4. The number of methoxy groups -OCH3 is 2. The Morgan fingerprint density at radius 2 is 1.89 bits per heavy atom. The molecule has 16 heteroatoms. The fourth-order valence-corrected chi connectivity index (χ4v) is 5.39. The maximum Gasteiger partial charge on any atom is 0.264 e. The third-order valence-corrected chi connectivity index (χ3v) is 7.95. The van der Waals surface area contributed by atoms with Crippen LogP contribution in [0.25, 0.3) is 0 Å². The van der Waals surface area contributed by atoms with E-state index in [0.717, 1.165) is 33.0 Å². The van der Waals surface area contributed by atoms with Crippen molar-refractivity contribution < 1.29 is 14.3 Å². The van der Waals surface area contributed by atoms with E-state index in [9.17, 15) is 4.79 Å². The molecule has 4 aromatic rings. The number of nitrogen functional groups attached to an aromatic ring is 1. The minimum Gasteiger partial charge on any atom is -0.493 e. The molecule has 2 heterocycles. The smallest absolute Gasteiger partial charge is 0.264 e.